The van der Waals surface area contributed by atoms with Crippen molar-refractivity contribution in [2.24, 2.45) is 5.73 Å². The van der Waals surface area contributed by atoms with Gasteiger partial charge in [0.1, 0.15) is 12.4 Å². The van der Waals surface area contributed by atoms with E-state index >= 15 is 0 Å². The van der Waals surface area contributed by atoms with E-state index in [1.54, 1.807) is 0 Å². The molecule has 100 valence electrons. The number of ether oxygens (including phenoxy) is 1. The van der Waals surface area contributed by atoms with Crippen LogP contribution in [-0.4, -0.2) is 42.4 Å². The van der Waals surface area contributed by atoms with Gasteiger partial charge in [0, 0.05) is 25.2 Å². The maximum Gasteiger partial charge on any atom is 0.138 e. The lowest BCUT2D eigenvalue weighted by molar-refractivity contribution is 0.103. The molecule has 5 heteroatoms. The van der Waals surface area contributed by atoms with E-state index in [0.717, 1.165) is 18.7 Å². The molecular formula is C13H19ClN2O2. The first kappa shape index (κ1) is 13.6. The number of hydrogen-bond acceptors (Lipinski definition) is 4. The number of benzene rings is 1. The summed E-state index contributed by atoms with van der Waals surface area (Å²) in [5.41, 5.74) is 6.83. The van der Waals surface area contributed by atoms with Crippen LogP contribution in [0.2, 0.25) is 5.02 Å². The molecule has 4 nitrogen and oxygen atoms in total. The van der Waals surface area contributed by atoms with Crippen molar-refractivity contribution in [3.63, 3.8) is 0 Å². The highest BCUT2D eigenvalue weighted by atomic mass is 35.5. The monoisotopic (exact) mass is 270 g/mol. The van der Waals surface area contributed by atoms with Crippen molar-refractivity contribution < 1.29 is 9.84 Å². The zero-order valence-corrected chi connectivity index (χ0v) is 11.2. The molecule has 3 N–H and O–H groups in total. The zero-order valence-electron chi connectivity index (χ0n) is 10.5. The van der Waals surface area contributed by atoms with Crippen LogP contribution in [0.1, 0.15) is 18.5 Å². The Hall–Kier alpha value is -0.810. The molecule has 1 fully saturated rings. The Morgan fingerprint density at radius 2 is 2.28 bits per heavy atom. The Balaban J connectivity index is 2.12. The second kappa shape index (κ2) is 5.89. The lowest BCUT2D eigenvalue weighted by Crippen LogP contribution is -2.56. The molecule has 1 aromatic rings. The van der Waals surface area contributed by atoms with E-state index in [9.17, 15) is 0 Å². The van der Waals surface area contributed by atoms with Crippen LogP contribution >= 0.6 is 11.6 Å². The SMILES string of the molecule is CC(c1cccc(OCCO)c1Cl)N1CC(N)C1. The number of aliphatic hydroxyl groups excluding tert-OH is 1. The van der Waals surface area contributed by atoms with Crippen molar-refractivity contribution in [3.8, 4) is 5.75 Å². The Bertz CT molecular complexity index is 408. The molecule has 1 aromatic carbocycles. The Morgan fingerprint density at radius 1 is 1.56 bits per heavy atom. The van der Waals surface area contributed by atoms with Crippen LogP contribution < -0.4 is 10.5 Å². The molecule has 1 aliphatic rings. The third kappa shape index (κ3) is 2.78. The highest BCUT2D eigenvalue weighted by Crippen LogP contribution is 2.35. The first-order valence-corrected chi connectivity index (χ1v) is 6.53. The lowest BCUT2D eigenvalue weighted by Gasteiger charge is -2.41. The second-order valence-corrected chi connectivity index (χ2v) is 5.00. The summed E-state index contributed by atoms with van der Waals surface area (Å²) < 4.78 is 5.40. The van der Waals surface area contributed by atoms with Gasteiger partial charge in [-0.1, -0.05) is 23.7 Å². The van der Waals surface area contributed by atoms with Gasteiger partial charge in [-0.25, -0.2) is 0 Å². The number of rotatable bonds is 5. The summed E-state index contributed by atoms with van der Waals surface area (Å²) in [6, 6.07) is 6.25. The molecule has 0 aromatic heterocycles. The molecule has 18 heavy (non-hydrogen) atoms. The van der Waals surface area contributed by atoms with Gasteiger partial charge in [0.2, 0.25) is 0 Å². The van der Waals surface area contributed by atoms with Gasteiger partial charge in [-0.3, -0.25) is 4.90 Å². The third-order valence-electron chi connectivity index (χ3n) is 3.28. The van der Waals surface area contributed by atoms with Crippen LogP contribution in [0, 0.1) is 0 Å². The minimum atomic E-state index is -0.0168. The summed E-state index contributed by atoms with van der Waals surface area (Å²) in [6.45, 7) is 4.16. The molecule has 1 aliphatic heterocycles. The Kier molecular flexibility index (Phi) is 4.45. The predicted octanol–water partition coefficient (Wildman–Crippen LogP) is 1.41. The van der Waals surface area contributed by atoms with Crippen LogP contribution in [0.4, 0.5) is 0 Å². The van der Waals surface area contributed by atoms with Crippen LogP contribution in [-0.2, 0) is 0 Å². The topological polar surface area (TPSA) is 58.7 Å². The van der Waals surface area contributed by atoms with Gasteiger partial charge >= 0.3 is 0 Å². The zero-order chi connectivity index (χ0) is 13.1. The standard InChI is InChI=1S/C13H19ClN2O2/c1-9(16-7-10(15)8-16)11-3-2-4-12(13(11)14)18-6-5-17/h2-4,9-10,17H,5-8,15H2,1H3. The van der Waals surface area contributed by atoms with Crippen molar-refractivity contribution in [1.29, 1.82) is 0 Å². The average Bonchev–Trinajstić information content (AvgIpc) is 2.33. The van der Waals surface area contributed by atoms with Crippen LogP contribution in [0.5, 0.6) is 5.75 Å². The van der Waals surface area contributed by atoms with Crippen molar-refractivity contribution in [3.05, 3.63) is 28.8 Å². The fourth-order valence-corrected chi connectivity index (χ4v) is 2.52. The molecule has 0 aliphatic carbocycles. The maximum atomic E-state index is 8.77. The van der Waals surface area contributed by atoms with Gasteiger partial charge in [0.15, 0.2) is 0 Å². The summed E-state index contributed by atoms with van der Waals surface area (Å²) in [5.74, 6) is 0.625. The van der Waals surface area contributed by atoms with E-state index in [0.29, 0.717) is 10.8 Å². The normalized spacial score (nSPS) is 18.4. The summed E-state index contributed by atoms with van der Waals surface area (Å²) in [6.07, 6.45) is 0. The highest BCUT2D eigenvalue weighted by molar-refractivity contribution is 6.32. The van der Waals surface area contributed by atoms with Gasteiger partial charge in [0.05, 0.1) is 11.6 Å². The van der Waals surface area contributed by atoms with E-state index < -0.39 is 0 Å². The first-order chi connectivity index (χ1) is 8.63. The summed E-state index contributed by atoms with van der Waals surface area (Å²) in [4.78, 5) is 2.28. The quantitative estimate of drug-likeness (QED) is 0.850. The molecule has 2 rings (SSSR count). The minimum Gasteiger partial charge on any atom is -0.490 e. The van der Waals surface area contributed by atoms with Gasteiger partial charge < -0.3 is 15.6 Å². The van der Waals surface area contributed by atoms with Crippen LogP contribution in [0.25, 0.3) is 0 Å². The first-order valence-electron chi connectivity index (χ1n) is 6.15. The van der Waals surface area contributed by atoms with Gasteiger partial charge in [-0.15, -0.1) is 0 Å². The summed E-state index contributed by atoms with van der Waals surface area (Å²) >= 11 is 6.34. The molecule has 0 spiro atoms. The van der Waals surface area contributed by atoms with E-state index in [-0.39, 0.29) is 25.3 Å². The number of nitrogens with two attached hydrogens (primary N) is 1. The molecular weight excluding hydrogens is 252 g/mol. The van der Waals surface area contributed by atoms with E-state index in [1.165, 1.54) is 0 Å². The van der Waals surface area contributed by atoms with Crippen LogP contribution in [0.15, 0.2) is 18.2 Å². The third-order valence-corrected chi connectivity index (χ3v) is 3.68. The van der Waals surface area contributed by atoms with Crippen molar-refractivity contribution in [2.75, 3.05) is 26.3 Å². The van der Waals surface area contributed by atoms with Crippen molar-refractivity contribution >= 4 is 11.6 Å². The van der Waals surface area contributed by atoms with Gasteiger partial charge in [-0.2, -0.15) is 0 Å². The minimum absolute atomic E-state index is 0.0168. The fourth-order valence-electron chi connectivity index (χ4n) is 2.18. The molecule has 0 saturated carbocycles. The van der Waals surface area contributed by atoms with E-state index in [2.05, 4.69) is 11.8 Å². The molecule has 0 amide bonds. The molecule has 0 bridgehead atoms. The molecule has 1 heterocycles. The van der Waals surface area contributed by atoms with E-state index in [1.807, 2.05) is 18.2 Å². The number of aliphatic hydroxyl groups is 1. The Morgan fingerprint density at radius 3 is 2.89 bits per heavy atom. The van der Waals surface area contributed by atoms with Gasteiger partial charge in [-0.05, 0) is 18.6 Å². The number of halogens is 1. The largest absolute Gasteiger partial charge is 0.490 e. The second-order valence-electron chi connectivity index (χ2n) is 4.62. The molecule has 0 radical (unpaired) electrons. The summed E-state index contributed by atoms with van der Waals surface area (Å²) in [7, 11) is 0. The number of likely N-dealkylation sites (tertiary alicyclic amines) is 1. The lowest BCUT2D eigenvalue weighted by atomic mass is 10.0. The molecule has 1 unspecified atom stereocenters. The average molecular weight is 271 g/mol. The highest BCUT2D eigenvalue weighted by Gasteiger charge is 2.29. The van der Waals surface area contributed by atoms with Crippen molar-refractivity contribution in [2.45, 2.75) is 19.0 Å². The maximum absolute atomic E-state index is 8.77. The van der Waals surface area contributed by atoms with Crippen LogP contribution in [0.3, 0.4) is 0 Å². The Labute approximate surface area is 112 Å². The predicted molar refractivity (Wildman–Crippen MR) is 72.0 cm³/mol. The van der Waals surface area contributed by atoms with Gasteiger partial charge in [0.25, 0.3) is 0 Å². The smallest absolute Gasteiger partial charge is 0.138 e. The van der Waals surface area contributed by atoms with Crippen molar-refractivity contribution in [1.82, 2.24) is 4.90 Å². The van der Waals surface area contributed by atoms with E-state index in [4.69, 9.17) is 27.2 Å². The summed E-state index contributed by atoms with van der Waals surface area (Å²) in [5, 5.41) is 9.40. The molecule has 1 saturated heterocycles. The fraction of sp³-hybridized carbons (Fsp3) is 0.538. The number of hydrogen-bond donors (Lipinski definition) is 2. The molecule has 1 atom stereocenters. The number of nitrogens with zero attached hydrogens (tertiary/aromatic N) is 1.